The highest BCUT2D eigenvalue weighted by molar-refractivity contribution is 7.11. The molecule has 11 heteroatoms. The lowest BCUT2D eigenvalue weighted by atomic mass is 9.71. The van der Waals surface area contributed by atoms with Crippen molar-refractivity contribution < 1.29 is 28.7 Å². The predicted molar refractivity (Wildman–Crippen MR) is 129 cm³/mol. The number of amides is 4. The average Bonchev–Trinajstić information content (AvgIpc) is 3.55. The van der Waals surface area contributed by atoms with Crippen molar-refractivity contribution in [3.63, 3.8) is 0 Å². The van der Waals surface area contributed by atoms with E-state index in [0.717, 1.165) is 5.56 Å². The smallest absolute Gasteiger partial charge is 0.417 e. The zero-order chi connectivity index (χ0) is 25.7. The first-order chi connectivity index (χ1) is 17.1. The van der Waals surface area contributed by atoms with Crippen molar-refractivity contribution in [3.05, 3.63) is 52.5 Å². The van der Waals surface area contributed by atoms with E-state index in [1.807, 2.05) is 30.3 Å². The third-order valence-corrected chi connectivity index (χ3v) is 7.60. The zero-order valence-electron chi connectivity index (χ0n) is 20.4. The Kier molecular flexibility index (Phi) is 5.98. The molecule has 0 N–H and O–H groups in total. The van der Waals surface area contributed by atoms with Crippen LogP contribution >= 0.6 is 11.3 Å². The highest BCUT2D eigenvalue weighted by Crippen LogP contribution is 2.47. The van der Waals surface area contributed by atoms with Crippen LogP contribution in [0.3, 0.4) is 0 Å². The molecule has 2 atom stereocenters. The second kappa shape index (κ2) is 8.88. The molecule has 0 unspecified atom stereocenters. The van der Waals surface area contributed by atoms with Gasteiger partial charge in [-0.25, -0.2) is 14.5 Å². The number of carbonyl (C=O) groups is 4. The van der Waals surface area contributed by atoms with Crippen molar-refractivity contribution in [2.45, 2.75) is 32.4 Å². The van der Waals surface area contributed by atoms with Gasteiger partial charge in [-0.05, 0) is 26.3 Å². The number of nitrogens with zero attached hydrogens (tertiary/aromatic N) is 4. The minimum absolute atomic E-state index is 0.0713. The fourth-order valence-electron chi connectivity index (χ4n) is 5.18. The van der Waals surface area contributed by atoms with Crippen molar-refractivity contribution >= 4 is 35.3 Å². The van der Waals surface area contributed by atoms with Crippen LogP contribution < -0.4 is 0 Å². The summed E-state index contributed by atoms with van der Waals surface area (Å²) in [5, 5.41) is 0. The summed E-state index contributed by atoms with van der Waals surface area (Å²) in [6.45, 7) is 6.39. The lowest BCUT2D eigenvalue weighted by Crippen LogP contribution is -2.64. The van der Waals surface area contributed by atoms with Gasteiger partial charge in [-0.1, -0.05) is 30.3 Å². The number of likely N-dealkylation sites (tertiary alicyclic amines) is 2. The first-order valence-electron chi connectivity index (χ1n) is 11.8. The lowest BCUT2D eigenvalue weighted by molar-refractivity contribution is -0.141. The van der Waals surface area contributed by atoms with Crippen LogP contribution in [0.15, 0.2) is 42.0 Å². The maximum atomic E-state index is 14.0. The van der Waals surface area contributed by atoms with Gasteiger partial charge in [0.05, 0.1) is 17.6 Å². The Hall–Kier alpha value is -3.47. The van der Waals surface area contributed by atoms with Gasteiger partial charge in [0.2, 0.25) is 5.91 Å². The molecule has 2 aromatic rings. The zero-order valence-corrected chi connectivity index (χ0v) is 21.2. The van der Waals surface area contributed by atoms with Gasteiger partial charge in [-0.3, -0.25) is 14.6 Å². The number of thiazole rings is 1. The van der Waals surface area contributed by atoms with E-state index in [2.05, 4.69) is 4.98 Å². The molecule has 1 spiro atoms. The summed E-state index contributed by atoms with van der Waals surface area (Å²) >= 11 is 1.23. The van der Waals surface area contributed by atoms with Gasteiger partial charge >= 0.3 is 12.2 Å². The maximum absolute atomic E-state index is 14.0. The van der Waals surface area contributed by atoms with E-state index in [-0.39, 0.29) is 32.1 Å². The number of hydrogen-bond donors (Lipinski definition) is 0. The van der Waals surface area contributed by atoms with E-state index >= 15 is 0 Å². The van der Waals surface area contributed by atoms with E-state index in [1.165, 1.54) is 22.4 Å². The Labute approximate surface area is 212 Å². The number of benzene rings is 1. The normalized spacial score (nSPS) is 23.0. The number of carbonyl (C=O) groups excluding carboxylic acids is 4. The van der Waals surface area contributed by atoms with Gasteiger partial charge in [0.1, 0.15) is 23.1 Å². The van der Waals surface area contributed by atoms with Gasteiger partial charge in [0.15, 0.2) is 0 Å². The largest absolute Gasteiger partial charge is 0.446 e. The number of aromatic nitrogens is 1. The predicted octanol–water partition coefficient (Wildman–Crippen LogP) is 3.17. The summed E-state index contributed by atoms with van der Waals surface area (Å²) in [6, 6.07) is 8.71. The molecule has 10 nitrogen and oxygen atoms in total. The molecule has 0 radical (unpaired) electrons. The second-order valence-corrected chi connectivity index (χ2v) is 11.4. The molecule has 4 heterocycles. The minimum Gasteiger partial charge on any atom is -0.446 e. The number of cyclic esters (lactones) is 1. The van der Waals surface area contributed by atoms with Crippen molar-refractivity contribution in [3.8, 4) is 0 Å². The Bertz CT molecular complexity index is 1170. The summed E-state index contributed by atoms with van der Waals surface area (Å²) < 4.78 is 10.8. The van der Waals surface area contributed by atoms with Crippen LogP contribution in [0.5, 0.6) is 0 Å². The molecule has 3 aliphatic rings. The summed E-state index contributed by atoms with van der Waals surface area (Å²) in [7, 11) is 0. The van der Waals surface area contributed by atoms with Crippen LogP contribution in [-0.2, 0) is 14.3 Å². The SMILES string of the molecule is CC(C)(C)OC(=O)N1CC2(C1)CN(C(=O)c1cncs1)C[C@H]2C(=O)N1C(=O)OC[C@H]1c1ccccc1. The Balaban J connectivity index is 1.41. The van der Waals surface area contributed by atoms with Gasteiger partial charge in [0.25, 0.3) is 5.91 Å². The molecule has 4 amide bonds. The fraction of sp³-hybridized carbons (Fsp3) is 0.480. The molecular formula is C25H28N4O6S. The molecule has 0 bridgehead atoms. The van der Waals surface area contributed by atoms with E-state index < -0.39 is 41.1 Å². The van der Waals surface area contributed by atoms with E-state index in [4.69, 9.17) is 9.47 Å². The topological polar surface area (TPSA) is 109 Å². The van der Waals surface area contributed by atoms with Crippen LogP contribution in [-0.4, -0.2) is 82.1 Å². The molecule has 3 fully saturated rings. The standard InChI is InChI=1S/C25H28N4O6S/c1-24(2,3)35-22(32)28-13-25(14-28)12-27(21(31)19-9-26-15-36-19)10-17(25)20(30)29-18(11-34-23(29)33)16-7-5-4-6-8-16/h4-9,15,17-18H,10-14H2,1-3H3/t17-,18-/m0/s1. The highest BCUT2D eigenvalue weighted by Gasteiger charge is 2.61. The molecule has 0 aliphatic carbocycles. The van der Waals surface area contributed by atoms with Crippen LogP contribution in [0.1, 0.15) is 42.0 Å². The molecule has 3 saturated heterocycles. The monoisotopic (exact) mass is 512 g/mol. The van der Waals surface area contributed by atoms with Crippen LogP contribution in [0.4, 0.5) is 9.59 Å². The van der Waals surface area contributed by atoms with Crippen LogP contribution in [0, 0.1) is 11.3 Å². The minimum atomic E-state index is -0.695. The summed E-state index contributed by atoms with van der Waals surface area (Å²) in [6.07, 6.45) is 0.347. The number of imide groups is 1. The average molecular weight is 513 g/mol. The lowest BCUT2D eigenvalue weighted by Gasteiger charge is -2.50. The summed E-state index contributed by atoms with van der Waals surface area (Å²) in [4.78, 5) is 61.3. The molecule has 5 rings (SSSR count). The van der Waals surface area contributed by atoms with Gasteiger partial charge in [-0.2, -0.15) is 0 Å². The number of rotatable bonds is 3. The quantitative estimate of drug-likeness (QED) is 0.621. The van der Waals surface area contributed by atoms with Crippen molar-refractivity contribution in [1.82, 2.24) is 19.7 Å². The molecule has 1 aromatic carbocycles. The van der Waals surface area contributed by atoms with Crippen LogP contribution in [0.25, 0.3) is 0 Å². The summed E-state index contributed by atoms with van der Waals surface area (Å²) in [5.41, 5.74) is 1.05. The van der Waals surface area contributed by atoms with Gasteiger partial charge in [-0.15, -0.1) is 11.3 Å². The molecule has 190 valence electrons. The Morgan fingerprint density at radius 2 is 1.81 bits per heavy atom. The van der Waals surface area contributed by atoms with Crippen LogP contribution in [0.2, 0.25) is 0 Å². The fourth-order valence-corrected chi connectivity index (χ4v) is 5.77. The highest BCUT2D eigenvalue weighted by atomic mass is 32.1. The Morgan fingerprint density at radius 1 is 1.11 bits per heavy atom. The third-order valence-electron chi connectivity index (χ3n) is 6.83. The van der Waals surface area contributed by atoms with E-state index in [9.17, 15) is 19.2 Å². The molecule has 1 aromatic heterocycles. The van der Waals surface area contributed by atoms with Gasteiger partial charge < -0.3 is 19.3 Å². The number of ether oxygens (including phenoxy) is 2. The van der Waals surface area contributed by atoms with E-state index in [1.54, 1.807) is 36.1 Å². The van der Waals surface area contributed by atoms with Crippen molar-refractivity contribution in [1.29, 1.82) is 0 Å². The molecule has 36 heavy (non-hydrogen) atoms. The molecular weight excluding hydrogens is 484 g/mol. The maximum Gasteiger partial charge on any atom is 0.417 e. The molecule has 0 saturated carbocycles. The second-order valence-electron chi connectivity index (χ2n) is 10.5. The Morgan fingerprint density at radius 3 is 2.44 bits per heavy atom. The summed E-state index contributed by atoms with van der Waals surface area (Å²) in [5.74, 6) is -1.29. The first kappa shape index (κ1) is 24.2. The van der Waals surface area contributed by atoms with Crippen molar-refractivity contribution in [2.75, 3.05) is 32.8 Å². The van der Waals surface area contributed by atoms with Crippen molar-refractivity contribution in [2.24, 2.45) is 11.3 Å². The third kappa shape index (κ3) is 4.32. The van der Waals surface area contributed by atoms with E-state index in [0.29, 0.717) is 11.4 Å². The molecule has 3 aliphatic heterocycles. The first-order valence-corrected chi connectivity index (χ1v) is 12.7. The van der Waals surface area contributed by atoms with Gasteiger partial charge in [0, 0.05) is 31.6 Å². The number of hydrogen-bond acceptors (Lipinski definition) is 8.